The van der Waals surface area contributed by atoms with Crippen molar-refractivity contribution in [3.05, 3.63) is 24.3 Å². The quantitative estimate of drug-likeness (QED) is 0.861. The molecule has 20 heavy (non-hydrogen) atoms. The summed E-state index contributed by atoms with van der Waals surface area (Å²) < 4.78 is 5.57. The van der Waals surface area contributed by atoms with Gasteiger partial charge in [-0.1, -0.05) is 11.3 Å². The Kier molecular flexibility index (Phi) is 4.92. The van der Waals surface area contributed by atoms with Crippen LogP contribution in [0.2, 0.25) is 0 Å². The van der Waals surface area contributed by atoms with E-state index in [9.17, 15) is 4.79 Å². The van der Waals surface area contributed by atoms with Gasteiger partial charge in [0.25, 0.3) is 0 Å². The molecule has 0 aliphatic heterocycles. The number of ether oxygens (including phenoxy) is 1. The molecule has 1 aromatic heterocycles. The topological polar surface area (TPSA) is 64.1 Å². The first-order valence-corrected chi connectivity index (χ1v) is 7.40. The third-order valence-electron chi connectivity index (χ3n) is 2.27. The highest BCUT2D eigenvalue weighted by Gasteiger charge is 2.09. The molecule has 0 spiro atoms. The average Bonchev–Trinajstić information content (AvgIpc) is 2.87. The normalized spacial score (nSPS) is 10.6. The number of amides is 1. The van der Waals surface area contributed by atoms with Crippen molar-refractivity contribution in [1.82, 2.24) is 10.2 Å². The number of hydrogen-bond donors (Lipinski definition) is 1. The van der Waals surface area contributed by atoms with Crippen LogP contribution in [0.25, 0.3) is 10.6 Å². The smallest absolute Gasteiger partial charge is 0.241 e. The van der Waals surface area contributed by atoms with E-state index in [2.05, 4.69) is 15.5 Å². The van der Waals surface area contributed by atoms with Crippen molar-refractivity contribution in [2.75, 3.05) is 11.2 Å². The van der Waals surface area contributed by atoms with E-state index in [1.165, 1.54) is 11.3 Å². The Bertz CT molecular complexity index is 584. The molecule has 0 saturated carbocycles. The summed E-state index contributed by atoms with van der Waals surface area (Å²) in [4.78, 5) is 11.2. The van der Waals surface area contributed by atoms with Gasteiger partial charge in [-0.2, -0.15) is 0 Å². The molecule has 106 valence electrons. The summed E-state index contributed by atoms with van der Waals surface area (Å²) in [6, 6.07) is 7.58. The molecule has 1 heterocycles. The van der Waals surface area contributed by atoms with Crippen LogP contribution in [0, 0.1) is 0 Å². The molecule has 1 amide bonds. The van der Waals surface area contributed by atoms with Gasteiger partial charge in [-0.05, 0) is 38.1 Å². The standard InChI is InChI=1S/C13H14ClN3O2S/c1-8(2)19-10-5-3-9(4-6-10)12-16-17-13(20-12)15-11(18)7-14/h3-6,8H,7H2,1-2H3,(H,15,17,18). The number of nitrogens with one attached hydrogen (secondary N) is 1. The molecule has 0 saturated heterocycles. The van der Waals surface area contributed by atoms with Crippen molar-refractivity contribution < 1.29 is 9.53 Å². The van der Waals surface area contributed by atoms with E-state index in [0.29, 0.717) is 5.13 Å². The molecule has 1 aromatic carbocycles. The van der Waals surface area contributed by atoms with E-state index >= 15 is 0 Å². The molecule has 0 aliphatic carbocycles. The number of alkyl halides is 1. The van der Waals surface area contributed by atoms with Crippen molar-refractivity contribution in [3.8, 4) is 16.3 Å². The second kappa shape index (κ2) is 6.67. The predicted molar refractivity (Wildman–Crippen MR) is 80.5 cm³/mol. The van der Waals surface area contributed by atoms with Crippen LogP contribution in [0.3, 0.4) is 0 Å². The number of halogens is 1. The van der Waals surface area contributed by atoms with Gasteiger partial charge in [0, 0.05) is 5.56 Å². The summed E-state index contributed by atoms with van der Waals surface area (Å²) in [5.41, 5.74) is 0.921. The maximum absolute atomic E-state index is 11.2. The molecule has 5 nitrogen and oxygen atoms in total. The highest BCUT2D eigenvalue weighted by Crippen LogP contribution is 2.28. The maximum Gasteiger partial charge on any atom is 0.241 e. The Morgan fingerprint density at radius 1 is 1.35 bits per heavy atom. The van der Waals surface area contributed by atoms with Crippen molar-refractivity contribution in [1.29, 1.82) is 0 Å². The molecular weight excluding hydrogens is 298 g/mol. The first-order valence-electron chi connectivity index (χ1n) is 6.05. The molecule has 2 aromatic rings. The summed E-state index contributed by atoms with van der Waals surface area (Å²) in [6.07, 6.45) is 0.139. The number of anilines is 1. The molecule has 2 rings (SSSR count). The number of aromatic nitrogens is 2. The number of rotatable bonds is 5. The molecule has 0 fully saturated rings. The first kappa shape index (κ1) is 14.7. The largest absolute Gasteiger partial charge is 0.491 e. The van der Waals surface area contributed by atoms with E-state index < -0.39 is 0 Å². The van der Waals surface area contributed by atoms with Crippen molar-refractivity contribution in [2.24, 2.45) is 0 Å². The number of hydrogen-bond acceptors (Lipinski definition) is 5. The van der Waals surface area contributed by atoms with Crippen LogP contribution in [0.1, 0.15) is 13.8 Å². The Balaban J connectivity index is 2.10. The number of carbonyl (C=O) groups excluding carboxylic acids is 1. The van der Waals surface area contributed by atoms with Gasteiger partial charge in [0.2, 0.25) is 11.0 Å². The van der Waals surface area contributed by atoms with Crippen LogP contribution in [0.5, 0.6) is 5.75 Å². The van der Waals surface area contributed by atoms with Crippen molar-refractivity contribution >= 4 is 34.0 Å². The summed E-state index contributed by atoms with van der Waals surface area (Å²) in [6.45, 7) is 3.95. The van der Waals surface area contributed by atoms with Gasteiger partial charge < -0.3 is 4.74 Å². The second-order valence-electron chi connectivity index (χ2n) is 4.29. The van der Waals surface area contributed by atoms with E-state index in [-0.39, 0.29) is 17.9 Å². The summed E-state index contributed by atoms with van der Waals surface area (Å²) in [5, 5.41) is 11.7. The minimum Gasteiger partial charge on any atom is -0.491 e. The minimum atomic E-state index is -0.296. The lowest BCUT2D eigenvalue weighted by Gasteiger charge is -2.09. The van der Waals surface area contributed by atoms with Crippen LogP contribution >= 0.6 is 22.9 Å². The lowest BCUT2D eigenvalue weighted by atomic mass is 10.2. The highest BCUT2D eigenvalue weighted by molar-refractivity contribution is 7.18. The van der Waals surface area contributed by atoms with E-state index in [1.807, 2.05) is 38.1 Å². The van der Waals surface area contributed by atoms with Gasteiger partial charge in [-0.15, -0.1) is 21.8 Å². The van der Waals surface area contributed by atoms with Gasteiger partial charge in [0.15, 0.2) is 0 Å². The number of nitrogens with zero attached hydrogens (tertiary/aromatic N) is 2. The Morgan fingerprint density at radius 3 is 2.65 bits per heavy atom. The lowest BCUT2D eigenvalue weighted by Crippen LogP contribution is -2.12. The fraction of sp³-hybridized carbons (Fsp3) is 0.308. The molecule has 0 atom stereocenters. The second-order valence-corrected chi connectivity index (χ2v) is 5.53. The number of benzene rings is 1. The Morgan fingerprint density at radius 2 is 2.05 bits per heavy atom. The first-order chi connectivity index (χ1) is 9.58. The van der Waals surface area contributed by atoms with Crippen LogP contribution in [-0.2, 0) is 4.79 Å². The van der Waals surface area contributed by atoms with Gasteiger partial charge in [0.05, 0.1) is 6.10 Å². The zero-order valence-electron chi connectivity index (χ0n) is 11.1. The highest BCUT2D eigenvalue weighted by atomic mass is 35.5. The fourth-order valence-electron chi connectivity index (χ4n) is 1.49. The van der Waals surface area contributed by atoms with Crippen molar-refractivity contribution in [2.45, 2.75) is 20.0 Å². The Hall–Kier alpha value is -1.66. The minimum absolute atomic E-state index is 0.101. The number of carbonyl (C=O) groups is 1. The average molecular weight is 312 g/mol. The zero-order valence-corrected chi connectivity index (χ0v) is 12.7. The van der Waals surface area contributed by atoms with Crippen LogP contribution in [0.4, 0.5) is 5.13 Å². The van der Waals surface area contributed by atoms with Crippen LogP contribution < -0.4 is 10.1 Å². The third-order valence-corrected chi connectivity index (χ3v) is 3.40. The molecule has 0 unspecified atom stereocenters. The monoisotopic (exact) mass is 311 g/mol. The fourth-order valence-corrected chi connectivity index (χ4v) is 2.32. The molecule has 1 N–H and O–H groups in total. The third kappa shape index (κ3) is 3.91. The molecule has 7 heteroatoms. The molecule has 0 bridgehead atoms. The maximum atomic E-state index is 11.2. The molecular formula is C13H14ClN3O2S. The Labute approximate surface area is 125 Å². The van der Waals surface area contributed by atoms with Crippen LogP contribution in [0.15, 0.2) is 24.3 Å². The van der Waals surface area contributed by atoms with E-state index in [4.69, 9.17) is 16.3 Å². The van der Waals surface area contributed by atoms with Crippen molar-refractivity contribution in [3.63, 3.8) is 0 Å². The van der Waals surface area contributed by atoms with Gasteiger partial charge in [-0.25, -0.2) is 0 Å². The SMILES string of the molecule is CC(C)Oc1ccc(-c2nnc(NC(=O)CCl)s2)cc1. The van der Waals surface area contributed by atoms with Gasteiger partial charge >= 0.3 is 0 Å². The van der Waals surface area contributed by atoms with Gasteiger partial charge in [-0.3, -0.25) is 10.1 Å². The summed E-state index contributed by atoms with van der Waals surface area (Å²) in [5.74, 6) is 0.412. The molecule has 0 radical (unpaired) electrons. The van der Waals surface area contributed by atoms with E-state index in [1.54, 1.807) is 0 Å². The van der Waals surface area contributed by atoms with E-state index in [0.717, 1.165) is 16.3 Å². The molecule has 0 aliphatic rings. The summed E-state index contributed by atoms with van der Waals surface area (Å²) >= 11 is 6.71. The lowest BCUT2D eigenvalue weighted by molar-refractivity contribution is -0.113. The summed E-state index contributed by atoms with van der Waals surface area (Å²) in [7, 11) is 0. The predicted octanol–water partition coefficient (Wildman–Crippen LogP) is 3.17. The van der Waals surface area contributed by atoms with Gasteiger partial charge in [0.1, 0.15) is 16.6 Å². The zero-order chi connectivity index (χ0) is 14.5. The van der Waals surface area contributed by atoms with Crippen LogP contribution in [-0.4, -0.2) is 28.1 Å².